The van der Waals surface area contributed by atoms with Crippen LogP contribution in [-0.2, 0) is 20.4 Å². The predicted molar refractivity (Wildman–Crippen MR) is 120 cm³/mol. The van der Waals surface area contributed by atoms with E-state index in [1.165, 1.54) is 61.3 Å². The Hall–Kier alpha value is 0.501. The van der Waals surface area contributed by atoms with Gasteiger partial charge in [0.25, 0.3) is 0 Å². The van der Waals surface area contributed by atoms with Crippen LogP contribution in [0.15, 0.2) is 20.7 Å². The molecule has 168 valence electrons. The number of benzene rings is 1. The molecule has 0 N–H and O–H groups in total. The molecule has 0 spiro atoms. The van der Waals surface area contributed by atoms with Crippen molar-refractivity contribution < 1.29 is 57.7 Å². The zero-order chi connectivity index (χ0) is 20.4. The van der Waals surface area contributed by atoms with Crippen molar-refractivity contribution in [3.05, 3.63) is 48.5 Å². The Bertz CT molecular complexity index is 754. The van der Waals surface area contributed by atoms with Gasteiger partial charge in [-0.1, -0.05) is 0 Å². The molecular formula is C25H39Cl3SiTi. The minimum absolute atomic E-state index is 0. The minimum atomic E-state index is -1.74. The second-order valence-electron chi connectivity index (χ2n) is 8.82. The van der Waals surface area contributed by atoms with Crippen LogP contribution in [0.4, 0.5) is 0 Å². The van der Waals surface area contributed by atoms with Crippen LogP contribution in [0, 0.1) is 34.6 Å². The van der Waals surface area contributed by atoms with Crippen LogP contribution in [0.5, 0.6) is 0 Å². The van der Waals surface area contributed by atoms with Gasteiger partial charge in [-0.05, 0) is 0 Å². The van der Waals surface area contributed by atoms with Gasteiger partial charge < -0.3 is 37.2 Å². The van der Waals surface area contributed by atoms with E-state index in [0.29, 0.717) is 0 Å². The minimum Gasteiger partial charge on any atom is -1.00 e. The molecule has 0 aliphatic heterocycles. The third kappa shape index (κ3) is 6.30. The van der Waals surface area contributed by atoms with Crippen LogP contribution in [-0.4, -0.2) is 8.07 Å². The van der Waals surface area contributed by atoms with Gasteiger partial charge in [-0.15, -0.1) is 0 Å². The second-order valence-corrected chi connectivity index (χ2v) is 14.0. The molecule has 1 unspecified atom stereocenters. The third-order valence-electron chi connectivity index (χ3n) is 7.16. The number of rotatable bonds is 8. The fourth-order valence-corrected chi connectivity index (χ4v) is 11.2. The molecule has 1 aliphatic rings. The van der Waals surface area contributed by atoms with Crippen LogP contribution in [0.25, 0.3) is 0 Å². The van der Waals surface area contributed by atoms with Crippen molar-refractivity contribution >= 4 is 13.3 Å². The SMILES string of the molecule is CCCCC1=[C]([Ti+3])CC=C1[Si](C)(CCCC)c1c(C)c(C)c(C)c(C)c1C.[Cl-].[Cl-].[Cl-]. The van der Waals surface area contributed by atoms with Gasteiger partial charge in [0, 0.05) is 0 Å². The Morgan fingerprint density at radius 1 is 0.800 bits per heavy atom. The van der Waals surface area contributed by atoms with E-state index in [1.54, 1.807) is 31.0 Å². The summed E-state index contributed by atoms with van der Waals surface area (Å²) in [6.45, 7) is 19.2. The quantitative estimate of drug-likeness (QED) is 0.354. The first-order valence-corrected chi connectivity index (χ1v) is 14.4. The van der Waals surface area contributed by atoms with E-state index in [1.807, 2.05) is 0 Å². The average molecular weight is 522 g/mol. The van der Waals surface area contributed by atoms with Crippen molar-refractivity contribution in [1.82, 2.24) is 0 Å². The van der Waals surface area contributed by atoms with Gasteiger partial charge in [-0.2, -0.15) is 0 Å². The summed E-state index contributed by atoms with van der Waals surface area (Å²) < 4.78 is 1.64. The molecule has 0 aromatic heterocycles. The molecule has 0 radical (unpaired) electrons. The molecule has 0 amide bonds. The maximum absolute atomic E-state index is 2.68. The van der Waals surface area contributed by atoms with E-state index in [4.69, 9.17) is 0 Å². The van der Waals surface area contributed by atoms with E-state index in [0.717, 1.165) is 0 Å². The predicted octanol–water partition coefficient (Wildman–Crippen LogP) is -1.81. The molecule has 0 saturated carbocycles. The molecular weight excluding hydrogens is 483 g/mol. The Labute approximate surface area is 217 Å². The molecule has 0 fully saturated rings. The van der Waals surface area contributed by atoms with Crippen molar-refractivity contribution in [1.29, 1.82) is 0 Å². The monoisotopic (exact) mass is 520 g/mol. The molecule has 0 heterocycles. The zero-order valence-corrected chi connectivity index (χ0v) is 25.0. The fourth-order valence-electron chi connectivity index (χ4n) is 5.06. The van der Waals surface area contributed by atoms with Gasteiger partial charge in [0.15, 0.2) is 0 Å². The second kappa shape index (κ2) is 13.9. The van der Waals surface area contributed by atoms with Crippen LogP contribution >= 0.6 is 0 Å². The molecule has 30 heavy (non-hydrogen) atoms. The van der Waals surface area contributed by atoms with E-state index >= 15 is 0 Å². The van der Waals surface area contributed by atoms with Gasteiger partial charge in [0.1, 0.15) is 0 Å². The Balaban J connectivity index is 0. The summed E-state index contributed by atoms with van der Waals surface area (Å²) in [7, 11) is -1.74. The maximum atomic E-state index is 2.68. The normalized spacial score (nSPS) is 15.1. The topological polar surface area (TPSA) is 0 Å². The zero-order valence-electron chi connectivity index (χ0n) is 20.2. The van der Waals surface area contributed by atoms with Gasteiger partial charge in [-0.25, -0.2) is 0 Å². The molecule has 1 aromatic rings. The van der Waals surface area contributed by atoms with Crippen molar-refractivity contribution in [2.24, 2.45) is 0 Å². The first-order valence-electron chi connectivity index (χ1n) is 10.9. The number of halogens is 3. The van der Waals surface area contributed by atoms with Gasteiger partial charge in [0.05, 0.1) is 0 Å². The number of allylic oxidation sites excluding steroid dienone is 4. The van der Waals surface area contributed by atoms with Crippen LogP contribution in [0.2, 0.25) is 12.6 Å². The average Bonchev–Trinajstić information content (AvgIpc) is 3.02. The number of hydrogen-bond donors (Lipinski definition) is 0. The first kappa shape index (κ1) is 32.7. The molecule has 1 atom stereocenters. The number of hydrogen-bond acceptors (Lipinski definition) is 0. The Kier molecular flexibility index (Phi) is 15.2. The molecule has 1 aromatic carbocycles. The molecule has 2 rings (SSSR count). The van der Waals surface area contributed by atoms with Crippen LogP contribution < -0.4 is 42.4 Å². The van der Waals surface area contributed by atoms with E-state index in [9.17, 15) is 0 Å². The molecule has 0 nitrogen and oxygen atoms in total. The fraction of sp³-hybridized carbons (Fsp3) is 0.600. The molecule has 0 saturated heterocycles. The van der Waals surface area contributed by atoms with Crippen LogP contribution in [0.3, 0.4) is 0 Å². The Morgan fingerprint density at radius 3 is 1.73 bits per heavy atom. The summed E-state index contributed by atoms with van der Waals surface area (Å²) in [6.07, 6.45) is 10.4. The summed E-state index contributed by atoms with van der Waals surface area (Å²) in [5, 5.41) is 3.54. The molecule has 0 bridgehead atoms. The van der Waals surface area contributed by atoms with Gasteiger partial charge in [0.2, 0.25) is 0 Å². The first-order chi connectivity index (χ1) is 12.7. The standard InChI is InChI=1S/C25H39Si.3ClH.Ti/c1-9-11-14-23-15-13-16-24(23)26(8,17-12-10-2)25-21(6)19(4)18(3)20(5)22(25)7;;;;/h16H,9-14,17H2,1-8H3;3*1H;/q;;;;+3/p-3. The summed E-state index contributed by atoms with van der Waals surface area (Å²) in [5.41, 5.74) is 9.45. The Morgan fingerprint density at radius 2 is 1.27 bits per heavy atom. The van der Waals surface area contributed by atoms with E-state index < -0.39 is 8.07 Å². The van der Waals surface area contributed by atoms with Gasteiger partial charge >= 0.3 is 182 Å². The summed E-state index contributed by atoms with van der Waals surface area (Å²) in [6, 6.07) is 1.39. The van der Waals surface area contributed by atoms with Gasteiger partial charge in [-0.3, -0.25) is 0 Å². The van der Waals surface area contributed by atoms with Crippen molar-refractivity contribution in [3.8, 4) is 0 Å². The summed E-state index contributed by atoms with van der Waals surface area (Å²) in [5.74, 6) is 0. The summed E-state index contributed by atoms with van der Waals surface area (Å²) in [4.78, 5) is 0. The van der Waals surface area contributed by atoms with Crippen molar-refractivity contribution in [2.75, 3.05) is 0 Å². The van der Waals surface area contributed by atoms with E-state index in [-0.39, 0.29) is 37.2 Å². The summed E-state index contributed by atoms with van der Waals surface area (Å²) >= 11 is 2.38. The maximum Gasteiger partial charge on any atom is -1.00 e. The smallest absolute Gasteiger partial charge is 1.00 e. The third-order valence-corrected chi connectivity index (χ3v) is 12.8. The largest absolute Gasteiger partial charge is 1.00 e. The van der Waals surface area contributed by atoms with Crippen LogP contribution in [0.1, 0.15) is 80.2 Å². The number of unbranched alkanes of at least 4 members (excludes halogenated alkanes) is 2. The molecule has 1 aliphatic carbocycles. The van der Waals surface area contributed by atoms with Crippen molar-refractivity contribution in [2.45, 2.75) is 99.6 Å². The molecule has 5 heteroatoms. The van der Waals surface area contributed by atoms with E-state index in [2.05, 4.69) is 81.5 Å². The van der Waals surface area contributed by atoms with Crippen molar-refractivity contribution in [3.63, 3.8) is 0 Å².